The highest BCUT2D eigenvalue weighted by Gasteiger charge is 2.24. The van der Waals surface area contributed by atoms with Crippen molar-refractivity contribution in [2.45, 2.75) is 65.0 Å². The highest BCUT2D eigenvalue weighted by atomic mass is 16.5. The molecule has 0 radical (unpaired) electrons. The first-order valence-corrected chi connectivity index (χ1v) is 10.4. The van der Waals surface area contributed by atoms with Gasteiger partial charge in [-0.25, -0.2) is 9.97 Å². The van der Waals surface area contributed by atoms with Crippen LogP contribution in [0.4, 0.5) is 5.82 Å². The van der Waals surface area contributed by atoms with Crippen LogP contribution in [-0.2, 0) is 17.6 Å². The van der Waals surface area contributed by atoms with Gasteiger partial charge in [-0.05, 0) is 59.9 Å². The number of hydrogen-bond acceptors (Lipinski definition) is 7. The van der Waals surface area contributed by atoms with Gasteiger partial charge >= 0.3 is 0 Å². The Balaban J connectivity index is 2.01. The number of aryl methyl sites for hydroxylation is 1. The molecular formula is C23H33N5O3. The lowest BCUT2D eigenvalue weighted by Gasteiger charge is -2.25. The summed E-state index contributed by atoms with van der Waals surface area (Å²) in [4.78, 5) is 27.3. The lowest BCUT2D eigenvalue weighted by molar-refractivity contribution is -0.121. The van der Waals surface area contributed by atoms with Crippen molar-refractivity contribution in [1.82, 2.24) is 20.3 Å². The van der Waals surface area contributed by atoms with Gasteiger partial charge < -0.3 is 20.1 Å². The van der Waals surface area contributed by atoms with Crippen molar-refractivity contribution in [3.63, 3.8) is 0 Å². The fourth-order valence-electron chi connectivity index (χ4n) is 3.31. The smallest absolute Gasteiger partial charge is 0.239 e. The summed E-state index contributed by atoms with van der Waals surface area (Å²) >= 11 is 0. The van der Waals surface area contributed by atoms with Gasteiger partial charge in [0.15, 0.2) is 5.82 Å². The number of fused-ring (bicyclic) bond motifs is 1. The monoisotopic (exact) mass is 430 g/mol. The van der Waals surface area contributed by atoms with E-state index in [1.165, 1.54) is 0 Å². The van der Waals surface area contributed by atoms with Crippen molar-refractivity contribution in [1.29, 1.82) is 0 Å². The molecule has 1 amide bonds. The Hall–Kier alpha value is -2.74. The molecule has 3 rings (SSSR count). The standard InChI is InChI=1S/C23H33N5O3/c1-22(2,3)27-19(29)13-28(6)21-16-8-7-9-17(16)25-20(26-21)18-12-15(10-11-24-18)31-14-23(4,5)30/h10-12,30H,7-9,13-14H2,1-6H3,(H,27,29)/i6D3. The second-order valence-electron chi connectivity index (χ2n) is 9.51. The number of aliphatic hydroxyl groups is 1. The molecule has 2 N–H and O–H groups in total. The zero-order valence-corrected chi connectivity index (χ0v) is 18.8. The van der Waals surface area contributed by atoms with Crippen LogP contribution in [0, 0.1) is 0 Å². The van der Waals surface area contributed by atoms with E-state index in [4.69, 9.17) is 8.85 Å². The minimum absolute atomic E-state index is 0.0858. The number of carbonyl (C=O) groups excluding carboxylic acids is 1. The number of ether oxygens (including phenoxy) is 1. The zero-order valence-electron chi connectivity index (χ0n) is 21.8. The van der Waals surface area contributed by atoms with Gasteiger partial charge in [-0.3, -0.25) is 9.78 Å². The number of nitrogens with one attached hydrogen (secondary N) is 1. The molecular weight excluding hydrogens is 394 g/mol. The Kier molecular flexibility index (Phi) is 5.38. The van der Waals surface area contributed by atoms with E-state index in [0.717, 1.165) is 22.6 Å². The minimum Gasteiger partial charge on any atom is -0.490 e. The number of carbonyl (C=O) groups is 1. The van der Waals surface area contributed by atoms with Crippen LogP contribution >= 0.6 is 0 Å². The molecule has 0 saturated carbocycles. The van der Waals surface area contributed by atoms with E-state index in [2.05, 4.69) is 20.3 Å². The predicted octanol–water partition coefficient (Wildman–Crippen LogP) is 2.53. The molecule has 0 spiro atoms. The number of pyridine rings is 1. The minimum atomic E-state index is -2.58. The Morgan fingerprint density at radius 3 is 2.74 bits per heavy atom. The molecule has 8 nitrogen and oxygen atoms in total. The zero-order chi connectivity index (χ0) is 25.3. The summed E-state index contributed by atoms with van der Waals surface area (Å²) in [5, 5.41) is 12.7. The summed E-state index contributed by atoms with van der Waals surface area (Å²) in [6.07, 6.45) is 3.70. The summed E-state index contributed by atoms with van der Waals surface area (Å²) in [6.45, 7) is 5.94. The Bertz CT molecular complexity index is 1050. The molecule has 0 bridgehead atoms. The highest BCUT2D eigenvalue weighted by molar-refractivity contribution is 5.82. The number of nitrogens with zero attached hydrogens (tertiary/aromatic N) is 4. The van der Waals surface area contributed by atoms with Gasteiger partial charge in [0.2, 0.25) is 5.91 Å². The first kappa shape index (κ1) is 19.0. The second kappa shape index (κ2) is 8.78. The summed E-state index contributed by atoms with van der Waals surface area (Å²) in [5.41, 5.74) is 0.417. The summed E-state index contributed by atoms with van der Waals surface area (Å²) in [7, 11) is 0. The molecule has 8 heteroatoms. The largest absolute Gasteiger partial charge is 0.490 e. The van der Waals surface area contributed by atoms with E-state index in [9.17, 15) is 9.90 Å². The van der Waals surface area contributed by atoms with Crippen LogP contribution in [0.25, 0.3) is 11.5 Å². The molecule has 0 fully saturated rings. The molecule has 2 aromatic heterocycles. The molecule has 168 valence electrons. The fraction of sp³-hybridized carbons (Fsp3) is 0.565. The number of amides is 1. The summed E-state index contributed by atoms with van der Waals surface area (Å²) in [5.74, 6) is 0.562. The lowest BCUT2D eigenvalue weighted by atomic mass is 10.1. The normalized spacial score (nSPS) is 15.5. The van der Waals surface area contributed by atoms with Gasteiger partial charge in [-0.2, -0.15) is 0 Å². The number of aromatic nitrogens is 3. The van der Waals surface area contributed by atoms with Gasteiger partial charge in [0.1, 0.15) is 23.9 Å². The Morgan fingerprint density at radius 2 is 2.06 bits per heavy atom. The molecule has 0 aromatic carbocycles. The lowest BCUT2D eigenvalue weighted by Crippen LogP contribution is -2.45. The Labute approximate surface area is 188 Å². The molecule has 2 aromatic rings. The van der Waals surface area contributed by atoms with Gasteiger partial charge in [-0.1, -0.05) is 0 Å². The highest BCUT2D eigenvalue weighted by Crippen LogP contribution is 2.31. The van der Waals surface area contributed by atoms with Crippen molar-refractivity contribution < 1.29 is 18.8 Å². The number of likely N-dealkylation sites (N-methyl/N-ethyl adjacent to an activating group) is 1. The summed E-state index contributed by atoms with van der Waals surface area (Å²) < 4.78 is 29.9. The Morgan fingerprint density at radius 1 is 1.29 bits per heavy atom. The molecule has 0 atom stereocenters. The SMILES string of the molecule is [2H]C([2H])([2H])N(CC(=O)NC(C)(C)C)c1nc(-c2cc(OCC(C)(C)O)ccn2)nc2c1CCC2. The average Bonchev–Trinajstić information content (AvgIpc) is 3.16. The molecule has 0 aliphatic heterocycles. The second-order valence-corrected chi connectivity index (χ2v) is 9.51. The van der Waals surface area contributed by atoms with Crippen molar-refractivity contribution in [2.24, 2.45) is 0 Å². The van der Waals surface area contributed by atoms with Crippen LogP contribution in [0.2, 0.25) is 0 Å². The van der Waals surface area contributed by atoms with Crippen molar-refractivity contribution in [3.8, 4) is 17.3 Å². The first-order chi connectivity index (χ1) is 15.6. The first-order valence-electron chi connectivity index (χ1n) is 11.9. The van der Waals surface area contributed by atoms with Gasteiger partial charge in [0, 0.05) is 40.1 Å². The van der Waals surface area contributed by atoms with Crippen LogP contribution in [0.15, 0.2) is 18.3 Å². The van der Waals surface area contributed by atoms with Crippen LogP contribution < -0.4 is 15.0 Å². The van der Waals surface area contributed by atoms with E-state index >= 15 is 0 Å². The molecule has 1 aliphatic carbocycles. The third-order valence-electron chi connectivity index (χ3n) is 4.54. The van der Waals surface area contributed by atoms with Crippen LogP contribution in [-0.4, -0.2) is 57.2 Å². The van der Waals surface area contributed by atoms with Crippen molar-refractivity contribution in [3.05, 3.63) is 29.6 Å². The van der Waals surface area contributed by atoms with Crippen LogP contribution in [0.5, 0.6) is 5.75 Å². The topological polar surface area (TPSA) is 100 Å². The predicted molar refractivity (Wildman–Crippen MR) is 120 cm³/mol. The number of hydrogen-bond donors (Lipinski definition) is 2. The third-order valence-corrected chi connectivity index (χ3v) is 4.54. The summed E-state index contributed by atoms with van der Waals surface area (Å²) in [6, 6.07) is 3.31. The molecule has 31 heavy (non-hydrogen) atoms. The maximum atomic E-state index is 12.6. The average molecular weight is 431 g/mol. The molecule has 2 heterocycles. The quantitative estimate of drug-likeness (QED) is 0.696. The van der Waals surface area contributed by atoms with Crippen molar-refractivity contribution >= 4 is 11.7 Å². The van der Waals surface area contributed by atoms with Gasteiger partial charge in [0.05, 0.1) is 12.1 Å². The van der Waals surface area contributed by atoms with E-state index in [1.807, 2.05) is 20.8 Å². The van der Waals surface area contributed by atoms with E-state index < -0.39 is 24.0 Å². The maximum Gasteiger partial charge on any atom is 0.239 e. The molecule has 0 saturated heterocycles. The van der Waals surface area contributed by atoms with Gasteiger partial charge in [0.25, 0.3) is 0 Å². The van der Waals surface area contributed by atoms with E-state index in [0.29, 0.717) is 24.3 Å². The fourth-order valence-corrected chi connectivity index (χ4v) is 3.31. The molecule has 1 aliphatic rings. The van der Waals surface area contributed by atoms with Crippen LogP contribution in [0.3, 0.4) is 0 Å². The molecule has 0 unspecified atom stereocenters. The van der Waals surface area contributed by atoms with E-state index in [1.54, 1.807) is 32.2 Å². The number of rotatable bonds is 7. The number of anilines is 1. The third kappa shape index (κ3) is 6.37. The van der Waals surface area contributed by atoms with Crippen LogP contribution in [0.1, 0.15) is 56.4 Å². The van der Waals surface area contributed by atoms with Crippen molar-refractivity contribution in [2.75, 3.05) is 25.0 Å². The van der Waals surface area contributed by atoms with Gasteiger partial charge in [-0.15, -0.1) is 0 Å². The van der Waals surface area contributed by atoms with E-state index in [-0.39, 0.29) is 24.8 Å². The maximum absolute atomic E-state index is 12.6.